The van der Waals surface area contributed by atoms with Gasteiger partial charge in [0, 0.05) is 18.3 Å². The molecule has 0 N–H and O–H groups in total. The van der Waals surface area contributed by atoms with Crippen LogP contribution < -0.4 is 9.47 Å². The van der Waals surface area contributed by atoms with E-state index in [0.717, 1.165) is 11.1 Å². The lowest BCUT2D eigenvalue weighted by molar-refractivity contribution is 0.354. The third-order valence-electron chi connectivity index (χ3n) is 3.05. The molecule has 1 heterocycles. The van der Waals surface area contributed by atoms with E-state index in [4.69, 9.17) is 32.7 Å². The molecule has 0 saturated heterocycles. The lowest BCUT2D eigenvalue weighted by Crippen LogP contribution is -2.01. The van der Waals surface area contributed by atoms with Gasteiger partial charge in [-0.25, -0.2) is 0 Å². The Morgan fingerprint density at radius 1 is 1.05 bits per heavy atom. The molecule has 0 fully saturated rings. The minimum absolute atomic E-state index is 0.224. The highest BCUT2D eigenvalue weighted by molar-refractivity contribution is 6.35. The van der Waals surface area contributed by atoms with Crippen molar-refractivity contribution in [3.05, 3.63) is 58.7 Å². The van der Waals surface area contributed by atoms with Crippen molar-refractivity contribution in [2.45, 2.75) is 5.92 Å². The van der Waals surface area contributed by atoms with Crippen LogP contribution in [0.1, 0.15) is 17.0 Å². The number of rotatable bonds is 4. The van der Waals surface area contributed by atoms with Gasteiger partial charge >= 0.3 is 0 Å². The normalized spacial score (nSPS) is 12.1. The number of ether oxygens (including phenoxy) is 2. The van der Waals surface area contributed by atoms with E-state index in [1.807, 2.05) is 18.2 Å². The molecule has 2 rings (SSSR count). The van der Waals surface area contributed by atoms with Gasteiger partial charge in [0.05, 0.1) is 24.3 Å². The third-order valence-corrected chi connectivity index (χ3v) is 3.65. The van der Waals surface area contributed by atoms with Crippen LogP contribution in [0.3, 0.4) is 0 Å². The first-order chi connectivity index (χ1) is 9.58. The SMILES string of the molecule is [CH2][C@@H](c1ccc(OC)c(OC)c1)c1c(Cl)cncc1Cl. The lowest BCUT2D eigenvalue weighted by Gasteiger charge is -2.17. The van der Waals surface area contributed by atoms with E-state index < -0.39 is 0 Å². The first-order valence-electron chi connectivity index (χ1n) is 5.92. The second kappa shape index (κ2) is 6.33. The van der Waals surface area contributed by atoms with Crippen LogP contribution in [-0.4, -0.2) is 19.2 Å². The van der Waals surface area contributed by atoms with Gasteiger partial charge in [0.2, 0.25) is 0 Å². The topological polar surface area (TPSA) is 31.4 Å². The molecule has 1 aromatic heterocycles. The van der Waals surface area contributed by atoms with Gasteiger partial charge in [0.1, 0.15) is 0 Å². The highest BCUT2D eigenvalue weighted by Gasteiger charge is 2.17. The molecule has 0 aliphatic rings. The molecule has 3 nitrogen and oxygen atoms in total. The number of pyridine rings is 1. The standard InChI is InChI=1S/C15H14Cl2NO2/c1-9(15-11(16)7-18-8-12(15)17)10-4-5-13(19-2)14(6-10)20-3/h4-9H,1H2,2-3H3/t9-/m0/s1. The number of methoxy groups -OCH3 is 2. The van der Waals surface area contributed by atoms with Crippen molar-refractivity contribution in [3.63, 3.8) is 0 Å². The summed E-state index contributed by atoms with van der Waals surface area (Å²) in [5, 5.41) is 0.986. The van der Waals surface area contributed by atoms with Crippen LogP contribution >= 0.6 is 23.2 Å². The van der Waals surface area contributed by atoms with Crippen molar-refractivity contribution in [2.75, 3.05) is 14.2 Å². The van der Waals surface area contributed by atoms with Crippen molar-refractivity contribution in [3.8, 4) is 11.5 Å². The smallest absolute Gasteiger partial charge is 0.161 e. The number of aromatic nitrogens is 1. The van der Waals surface area contributed by atoms with Gasteiger partial charge in [-0.3, -0.25) is 4.98 Å². The zero-order chi connectivity index (χ0) is 14.7. The molecular weight excluding hydrogens is 297 g/mol. The summed E-state index contributed by atoms with van der Waals surface area (Å²) < 4.78 is 10.5. The summed E-state index contributed by atoms with van der Waals surface area (Å²) in [5.74, 6) is 1.08. The number of nitrogens with zero attached hydrogens (tertiary/aromatic N) is 1. The summed E-state index contributed by atoms with van der Waals surface area (Å²) in [5.41, 5.74) is 1.67. The molecule has 0 spiro atoms. The maximum atomic E-state index is 6.16. The van der Waals surface area contributed by atoms with Crippen LogP contribution in [0, 0.1) is 6.92 Å². The quantitative estimate of drug-likeness (QED) is 0.840. The Hall–Kier alpha value is -1.45. The van der Waals surface area contributed by atoms with Crippen LogP contribution in [0.15, 0.2) is 30.6 Å². The first-order valence-corrected chi connectivity index (χ1v) is 6.68. The van der Waals surface area contributed by atoms with E-state index in [1.54, 1.807) is 26.6 Å². The van der Waals surface area contributed by atoms with E-state index in [-0.39, 0.29) is 5.92 Å². The minimum atomic E-state index is -0.224. The molecule has 105 valence electrons. The third kappa shape index (κ3) is 2.84. The summed E-state index contributed by atoms with van der Waals surface area (Å²) in [4.78, 5) is 3.95. The molecule has 20 heavy (non-hydrogen) atoms. The Morgan fingerprint density at radius 2 is 1.65 bits per heavy atom. The average molecular weight is 311 g/mol. The Balaban J connectivity index is 2.46. The van der Waals surface area contributed by atoms with Gasteiger partial charge in [0.25, 0.3) is 0 Å². The van der Waals surface area contributed by atoms with Gasteiger partial charge in [0.15, 0.2) is 11.5 Å². The number of halogens is 2. The van der Waals surface area contributed by atoms with Crippen LogP contribution in [0.4, 0.5) is 0 Å². The molecule has 0 aliphatic heterocycles. The van der Waals surface area contributed by atoms with Crippen LogP contribution in [0.25, 0.3) is 0 Å². The van der Waals surface area contributed by atoms with Crippen LogP contribution in [-0.2, 0) is 0 Å². The fourth-order valence-electron chi connectivity index (χ4n) is 1.99. The molecule has 1 radical (unpaired) electrons. The molecule has 1 aromatic carbocycles. The van der Waals surface area contributed by atoms with Crippen molar-refractivity contribution >= 4 is 23.2 Å². The van der Waals surface area contributed by atoms with E-state index in [0.29, 0.717) is 21.5 Å². The lowest BCUT2D eigenvalue weighted by atomic mass is 9.93. The van der Waals surface area contributed by atoms with Gasteiger partial charge in [-0.1, -0.05) is 29.3 Å². The van der Waals surface area contributed by atoms with Gasteiger partial charge in [-0.05, 0) is 30.2 Å². The van der Waals surface area contributed by atoms with Crippen LogP contribution in [0.2, 0.25) is 10.0 Å². The van der Waals surface area contributed by atoms with Gasteiger partial charge < -0.3 is 9.47 Å². The molecule has 2 aromatic rings. The van der Waals surface area contributed by atoms with Gasteiger partial charge in [-0.2, -0.15) is 0 Å². The van der Waals surface area contributed by atoms with E-state index in [9.17, 15) is 0 Å². The number of hydrogen-bond acceptors (Lipinski definition) is 3. The van der Waals surface area contributed by atoms with Crippen LogP contribution in [0.5, 0.6) is 11.5 Å². The predicted molar refractivity (Wildman–Crippen MR) is 81.0 cm³/mol. The summed E-state index contributed by atoms with van der Waals surface area (Å²) in [7, 11) is 3.18. The Bertz CT molecular complexity index is 597. The summed E-state index contributed by atoms with van der Waals surface area (Å²) in [6.07, 6.45) is 3.11. The number of benzene rings is 1. The molecule has 0 unspecified atom stereocenters. The van der Waals surface area contributed by atoms with E-state index >= 15 is 0 Å². The molecule has 5 heteroatoms. The van der Waals surface area contributed by atoms with Crippen molar-refractivity contribution in [2.24, 2.45) is 0 Å². The average Bonchev–Trinajstić information content (AvgIpc) is 2.46. The second-order valence-electron chi connectivity index (χ2n) is 4.18. The zero-order valence-corrected chi connectivity index (χ0v) is 12.7. The molecule has 0 bridgehead atoms. The molecule has 0 saturated carbocycles. The minimum Gasteiger partial charge on any atom is -0.493 e. The van der Waals surface area contributed by atoms with E-state index in [2.05, 4.69) is 11.9 Å². The largest absolute Gasteiger partial charge is 0.493 e. The fraction of sp³-hybridized carbons (Fsp3) is 0.200. The highest BCUT2D eigenvalue weighted by Crippen LogP contribution is 2.37. The maximum Gasteiger partial charge on any atom is 0.161 e. The Morgan fingerprint density at radius 3 is 2.20 bits per heavy atom. The van der Waals surface area contributed by atoms with Crippen molar-refractivity contribution in [1.29, 1.82) is 0 Å². The molecule has 0 aliphatic carbocycles. The molecule has 1 atom stereocenters. The monoisotopic (exact) mass is 310 g/mol. The van der Waals surface area contributed by atoms with Gasteiger partial charge in [-0.15, -0.1) is 0 Å². The Kier molecular flexibility index (Phi) is 4.73. The van der Waals surface area contributed by atoms with Crippen molar-refractivity contribution in [1.82, 2.24) is 4.98 Å². The highest BCUT2D eigenvalue weighted by atomic mass is 35.5. The summed E-state index contributed by atoms with van der Waals surface area (Å²) in [6.45, 7) is 4.14. The first kappa shape index (κ1) is 14.9. The predicted octanol–water partition coefficient (Wildman–Crippen LogP) is 4.37. The molecular formula is C15H14Cl2NO2. The number of hydrogen-bond donors (Lipinski definition) is 0. The fourth-order valence-corrected chi connectivity index (χ4v) is 2.62. The maximum absolute atomic E-state index is 6.16. The zero-order valence-electron chi connectivity index (χ0n) is 11.2. The Labute approximate surface area is 128 Å². The summed E-state index contributed by atoms with van der Waals surface area (Å²) >= 11 is 12.3. The van der Waals surface area contributed by atoms with E-state index in [1.165, 1.54) is 0 Å². The van der Waals surface area contributed by atoms with Crippen molar-refractivity contribution < 1.29 is 9.47 Å². The summed E-state index contributed by atoms with van der Waals surface area (Å²) in [6, 6.07) is 5.60. The molecule has 0 amide bonds. The second-order valence-corrected chi connectivity index (χ2v) is 5.00.